The van der Waals surface area contributed by atoms with Crippen molar-refractivity contribution in [2.24, 2.45) is 5.73 Å². The zero-order valence-corrected chi connectivity index (χ0v) is 11.6. The monoisotopic (exact) mass is 295 g/mol. The van der Waals surface area contributed by atoms with Crippen LogP contribution in [0.2, 0.25) is 5.02 Å². The van der Waals surface area contributed by atoms with Crippen molar-refractivity contribution >= 4 is 11.6 Å². The first-order valence-electron chi connectivity index (χ1n) is 6.66. The second-order valence-electron chi connectivity index (χ2n) is 5.14. The fraction of sp³-hybridized carbons (Fsp3) is 0.429. The van der Waals surface area contributed by atoms with Crippen LogP contribution < -0.4 is 5.73 Å². The van der Waals surface area contributed by atoms with Gasteiger partial charge in [-0.25, -0.2) is 4.39 Å². The Balaban J connectivity index is 1.79. The molecule has 1 heterocycles. The lowest BCUT2D eigenvalue weighted by molar-refractivity contribution is 0.342. The van der Waals surface area contributed by atoms with Crippen molar-refractivity contribution in [3.8, 4) is 0 Å². The molecule has 3 rings (SSSR count). The average molecular weight is 296 g/mol. The fourth-order valence-corrected chi connectivity index (χ4v) is 2.83. The summed E-state index contributed by atoms with van der Waals surface area (Å²) < 4.78 is 19.1. The van der Waals surface area contributed by atoms with Crippen molar-refractivity contribution in [2.75, 3.05) is 0 Å². The van der Waals surface area contributed by atoms with E-state index in [0.717, 1.165) is 19.3 Å². The zero-order chi connectivity index (χ0) is 14.1. The Bertz CT molecular complexity index is 616. The molecule has 1 aliphatic rings. The van der Waals surface area contributed by atoms with Crippen molar-refractivity contribution in [1.29, 1.82) is 0 Å². The van der Waals surface area contributed by atoms with Crippen molar-refractivity contribution in [3.63, 3.8) is 0 Å². The maximum absolute atomic E-state index is 13.8. The third-order valence-corrected chi connectivity index (χ3v) is 4.04. The van der Waals surface area contributed by atoms with Gasteiger partial charge in [-0.15, -0.1) is 0 Å². The normalized spacial score (nSPS) is 22.4. The summed E-state index contributed by atoms with van der Waals surface area (Å²) in [7, 11) is 0. The maximum Gasteiger partial charge on any atom is 0.231 e. The highest BCUT2D eigenvalue weighted by molar-refractivity contribution is 6.30. The average Bonchev–Trinajstić information content (AvgIpc) is 3.04. The predicted molar refractivity (Wildman–Crippen MR) is 73.1 cm³/mol. The number of nitrogens with zero attached hydrogens (tertiary/aromatic N) is 2. The van der Waals surface area contributed by atoms with Crippen LogP contribution in [-0.4, -0.2) is 16.2 Å². The summed E-state index contributed by atoms with van der Waals surface area (Å²) >= 11 is 5.75. The lowest BCUT2D eigenvalue weighted by Gasteiger charge is -2.08. The molecule has 1 saturated carbocycles. The smallest absolute Gasteiger partial charge is 0.231 e. The second kappa shape index (κ2) is 5.50. The molecule has 0 aliphatic heterocycles. The number of nitrogens with two attached hydrogens (primary N) is 1. The molecule has 0 spiro atoms. The summed E-state index contributed by atoms with van der Waals surface area (Å²) in [5.74, 6) is 0.714. The summed E-state index contributed by atoms with van der Waals surface area (Å²) in [5, 5.41) is 4.01. The van der Waals surface area contributed by atoms with Crippen LogP contribution in [0.3, 0.4) is 0 Å². The number of aromatic nitrogens is 2. The minimum Gasteiger partial charge on any atom is -0.339 e. The third-order valence-electron chi connectivity index (χ3n) is 3.75. The Morgan fingerprint density at radius 3 is 3.00 bits per heavy atom. The summed E-state index contributed by atoms with van der Waals surface area (Å²) in [5.41, 5.74) is 6.47. The van der Waals surface area contributed by atoms with E-state index in [4.69, 9.17) is 21.9 Å². The van der Waals surface area contributed by atoms with Crippen LogP contribution >= 0.6 is 11.6 Å². The summed E-state index contributed by atoms with van der Waals surface area (Å²) in [6, 6.07) is 4.96. The molecule has 1 aromatic heterocycles. The van der Waals surface area contributed by atoms with Crippen LogP contribution in [-0.2, 0) is 6.42 Å². The molecule has 6 heteroatoms. The fourth-order valence-electron chi connectivity index (χ4n) is 2.64. The van der Waals surface area contributed by atoms with Gasteiger partial charge < -0.3 is 10.3 Å². The van der Waals surface area contributed by atoms with Crippen LogP contribution in [0.4, 0.5) is 4.39 Å². The Labute approximate surface area is 121 Å². The van der Waals surface area contributed by atoms with E-state index in [1.165, 1.54) is 6.07 Å². The highest BCUT2D eigenvalue weighted by Crippen LogP contribution is 2.32. The van der Waals surface area contributed by atoms with E-state index >= 15 is 0 Å². The van der Waals surface area contributed by atoms with E-state index in [0.29, 0.717) is 17.3 Å². The van der Waals surface area contributed by atoms with Gasteiger partial charge in [0.1, 0.15) is 5.82 Å². The summed E-state index contributed by atoms with van der Waals surface area (Å²) in [4.78, 5) is 4.34. The van der Waals surface area contributed by atoms with Crippen LogP contribution in [0.25, 0.3) is 0 Å². The molecule has 4 nitrogen and oxygen atoms in total. The molecule has 0 radical (unpaired) electrons. The van der Waals surface area contributed by atoms with Gasteiger partial charge in [0.2, 0.25) is 5.89 Å². The first-order chi connectivity index (χ1) is 9.65. The molecule has 20 heavy (non-hydrogen) atoms. The highest BCUT2D eigenvalue weighted by Gasteiger charge is 2.30. The van der Waals surface area contributed by atoms with Gasteiger partial charge >= 0.3 is 0 Å². The number of benzene rings is 1. The first kappa shape index (κ1) is 13.5. The van der Waals surface area contributed by atoms with Gasteiger partial charge in [-0.3, -0.25) is 0 Å². The molecule has 1 fully saturated rings. The van der Waals surface area contributed by atoms with Gasteiger partial charge in [-0.05, 0) is 24.5 Å². The van der Waals surface area contributed by atoms with E-state index in [-0.39, 0.29) is 23.4 Å². The van der Waals surface area contributed by atoms with Crippen molar-refractivity contribution < 1.29 is 8.91 Å². The molecule has 2 aromatic rings. The van der Waals surface area contributed by atoms with Gasteiger partial charge in [0.05, 0.1) is 10.9 Å². The number of halogens is 2. The molecule has 2 N–H and O–H groups in total. The van der Waals surface area contributed by atoms with Gasteiger partial charge in [0.25, 0.3) is 0 Å². The van der Waals surface area contributed by atoms with Crippen LogP contribution in [0.1, 0.15) is 42.5 Å². The van der Waals surface area contributed by atoms with Gasteiger partial charge in [0.15, 0.2) is 5.82 Å². The SMILES string of the molecule is NC1CCCC1c1nc(Cc2cccc(Cl)c2F)no1. The first-order valence-corrected chi connectivity index (χ1v) is 7.04. The molecule has 0 saturated heterocycles. The van der Waals surface area contributed by atoms with E-state index in [9.17, 15) is 4.39 Å². The van der Waals surface area contributed by atoms with Crippen molar-refractivity contribution in [1.82, 2.24) is 10.1 Å². The van der Waals surface area contributed by atoms with Gasteiger partial charge in [-0.2, -0.15) is 4.98 Å². The molecule has 2 unspecified atom stereocenters. The lowest BCUT2D eigenvalue weighted by Crippen LogP contribution is -2.22. The van der Waals surface area contributed by atoms with Gasteiger partial charge in [0, 0.05) is 12.5 Å². The van der Waals surface area contributed by atoms with E-state index in [1.54, 1.807) is 12.1 Å². The molecular formula is C14H15ClFN3O. The molecule has 0 bridgehead atoms. The van der Waals surface area contributed by atoms with E-state index < -0.39 is 5.82 Å². The number of hydrogen-bond acceptors (Lipinski definition) is 4. The second-order valence-corrected chi connectivity index (χ2v) is 5.55. The molecule has 2 atom stereocenters. The van der Waals surface area contributed by atoms with Crippen LogP contribution in [0, 0.1) is 5.82 Å². The maximum atomic E-state index is 13.8. The quantitative estimate of drug-likeness (QED) is 0.945. The Kier molecular flexibility index (Phi) is 3.72. The topological polar surface area (TPSA) is 64.9 Å². The molecule has 1 aliphatic carbocycles. The Morgan fingerprint density at radius 1 is 1.40 bits per heavy atom. The molecule has 106 valence electrons. The minimum atomic E-state index is -0.432. The van der Waals surface area contributed by atoms with Crippen LogP contribution in [0.5, 0.6) is 0 Å². The predicted octanol–water partition coefficient (Wildman–Crippen LogP) is 3.05. The van der Waals surface area contributed by atoms with Crippen LogP contribution in [0.15, 0.2) is 22.7 Å². The summed E-state index contributed by atoms with van der Waals surface area (Å²) in [6.07, 6.45) is 3.28. The standard InChI is InChI=1S/C14H15ClFN3O/c15-10-5-1-3-8(13(10)16)7-12-18-14(20-19-12)9-4-2-6-11(9)17/h1,3,5,9,11H,2,4,6-7,17H2. The Morgan fingerprint density at radius 2 is 2.25 bits per heavy atom. The molecular weight excluding hydrogens is 281 g/mol. The largest absolute Gasteiger partial charge is 0.339 e. The number of hydrogen-bond donors (Lipinski definition) is 1. The van der Waals surface area contributed by atoms with Crippen molar-refractivity contribution in [3.05, 3.63) is 46.3 Å². The molecule has 1 aromatic carbocycles. The molecule has 0 amide bonds. The van der Waals surface area contributed by atoms with Crippen molar-refractivity contribution in [2.45, 2.75) is 37.6 Å². The minimum absolute atomic E-state index is 0.0752. The van der Waals surface area contributed by atoms with E-state index in [2.05, 4.69) is 10.1 Å². The number of rotatable bonds is 3. The Hall–Kier alpha value is -1.46. The lowest BCUT2D eigenvalue weighted by atomic mass is 10.0. The highest BCUT2D eigenvalue weighted by atomic mass is 35.5. The third kappa shape index (κ3) is 2.55. The summed E-state index contributed by atoms with van der Waals surface area (Å²) in [6.45, 7) is 0. The van der Waals surface area contributed by atoms with Gasteiger partial charge in [-0.1, -0.05) is 35.3 Å². The zero-order valence-electron chi connectivity index (χ0n) is 10.9. The van der Waals surface area contributed by atoms with E-state index in [1.807, 2.05) is 0 Å².